The Bertz CT molecular complexity index is 487. The highest BCUT2D eigenvalue weighted by Crippen LogP contribution is 2.16. The number of halogens is 1. The van der Waals surface area contributed by atoms with E-state index in [1.165, 1.54) is 6.20 Å². The van der Waals surface area contributed by atoms with Crippen molar-refractivity contribution in [1.82, 2.24) is 9.78 Å². The van der Waals surface area contributed by atoms with Gasteiger partial charge in [-0.15, -0.1) is 0 Å². The minimum absolute atomic E-state index is 0.207. The van der Waals surface area contributed by atoms with Crippen LogP contribution in [0.15, 0.2) is 28.9 Å². The van der Waals surface area contributed by atoms with Gasteiger partial charge in [0.25, 0.3) is 0 Å². The summed E-state index contributed by atoms with van der Waals surface area (Å²) in [4.78, 5) is 11.8. The Morgan fingerprint density at radius 3 is 2.93 bits per heavy atom. The number of nitrogens with zero attached hydrogens (tertiary/aromatic N) is 2. The van der Waals surface area contributed by atoms with E-state index in [4.69, 9.17) is 16.0 Å². The summed E-state index contributed by atoms with van der Waals surface area (Å²) in [5.74, 6) is 0.0252. The molecule has 0 spiro atoms. The molecule has 0 aliphatic heterocycles. The lowest BCUT2D eigenvalue weighted by Gasteiger charge is -1.92. The van der Waals surface area contributed by atoms with Crippen molar-refractivity contribution in [1.29, 1.82) is 0 Å². The van der Waals surface area contributed by atoms with Gasteiger partial charge in [0.15, 0.2) is 11.0 Å². The SMILES string of the molecule is CCn1cc(C(=O)c2ccc(Cl)o2)cn1. The van der Waals surface area contributed by atoms with Crippen LogP contribution in [0.4, 0.5) is 0 Å². The molecular weight excluding hydrogens is 216 g/mol. The zero-order valence-electron chi connectivity index (χ0n) is 8.11. The average molecular weight is 225 g/mol. The van der Waals surface area contributed by atoms with Crippen molar-refractivity contribution in [3.05, 3.63) is 41.1 Å². The molecule has 5 heteroatoms. The number of aryl methyl sites for hydroxylation is 1. The first-order valence-electron chi connectivity index (χ1n) is 4.53. The normalized spacial score (nSPS) is 10.5. The minimum Gasteiger partial charge on any atom is -0.441 e. The Morgan fingerprint density at radius 1 is 1.60 bits per heavy atom. The molecule has 2 aromatic heterocycles. The largest absolute Gasteiger partial charge is 0.441 e. The van der Waals surface area contributed by atoms with Gasteiger partial charge < -0.3 is 4.42 Å². The monoisotopic (exact) mass is 224 g/mol. The molecule has 15 heavy (non-hydrogen) atoms. The Kier molecular flexibility index (Phi) is 2.60. The van der Waals surface area contributed by atoms with Gasteiger partial charge in [-0.1, -0.05) is 0 Å². The van der Waals surface area contributed by atoms with Crippen LogP contribution in [0.3, 0.4) is 0 Å². The number of ketones is 1. The summed E-state index contributed by atoms with van der Waals surface area (Å²) < 4.78 is 6.70. The van der Waals surface area contributed by atoms with Gasteiger partial charge in [0.2, 0.25) is 5.78 Å². The van der Waals surface area contributed by atoms with Gasteiger partial charge in [0, 0.05) is 12.7 Å². The Hall–Kier alpha value is -1.55. The van der Waals surface area contributed by atoms with E-state index in [-0.39, 0.29) is 16.8 Å². The van der Waals surface area contributed by atoms with Crippen molar-refractivity contribution >= 4 is 17.4 Å². The number of hydrogen-bond donors (Lipinski definition) is 0. The second kappa shape index (κ2) is 3.90. The van der Waals surface area contributed by atoms with Crippen LogP contribution in [0.2, 0.25) is 5.22 Å². The molecule has 0 saturated heterocycles. The molecule has 0 unspecified atom stereocenters. The lowest BCUT2D eigenvalue weighted by Crippen LogP contribution is -1.98. The van der Waals surface area contributed by atoms with Crippen molar-refractivity contribution in [2.45, 2.75) is 13.5 Å². The van der Waals surface area contributed by atoms with Gasteiger partial charge in [-0.3, -0.25) is 9.48 Å². The molecule has 2 heterocycles. The average Bonchev–Trinajstić information content (AvgIpc) is 2.84. The van der Waals surface area contributed by atoms with Crippen LogP contribution in [0, 0.1) is 0 Å². The molecule has 0 bridgehead atoms. The van der Waals surface area contributed by atoms with Crippen LogP contribution < -0.4 is 0 Å². The van der Waals surface area contributed by atoms with Crippen LogP contribution >= 0.6 is 11.6 Å². The summed E-state index contributed by atoms with van der Waals surface area (Å²) in [5.41, 5.74) is 0.503. The van der Waals surface area contributed by atoms with Crippen LogP contribution in [-0.2, 0) is 6.54 Å². The predicted molar refractivity (Wildman–Crippen MR) is 55.1 cm³/mol. The molecule has 4 nitrogen and oxygen atoms in total. The highest BCUT2D eigenvalue weighted by Gasteiger charge is 2.14. The first-order valence-corrected chi connectivity index (χ1v) is 4.91. The number of carbonyl (C=O) groups excluding carboxylic acids is 1. The molecule has 2 aromatic rings. The van der Waals surface area contributed by atoms with Gasteiger partial charge in [-0.25, -0.2) is 0 Å². The topological polar surface area (TPSA) is 48.0 Å². The molecule has 0 aromatic carbocycles. The van der Waals surface area contributed by atoms with E-state index < -0.39 is 0 Å². The zero-order chi connectivity index (χ0) is 10.8. The van der Waals surface area contributed by atoms with E-state index in [1.54, 1.807) is 23.0 Å². The number of aromatic nitrogens is 2. The van der Waals surface area contributed by atoms with Crippen LogP contribution in [0.25, 0.3) is 0 Å². The predicted octanol–water partition coefficient (Wildman–Crippen LogP) is 2.38. The number of furan rings is 1. The fourth-order valence-electron chi connectivity index (χ4n) is 1.23. The van der Waals surface area contributed by atoms with E-state index in [0.717, 1.165) is 6.54 Å². The maximum atomic E-state index is 11.8. The summed E-state index contributed by atoms with van der Waals surface area (Å²) in [6.45, 7) is 2.68. The molecule has 2 rings (SSSR count). The number of hydrogen-bond acceptors (Lipinski definition) is 3. The lowest BCUT2D eigenvalue weighted by molar-refractivity contribution is 0.101. The molecule has 0 aliphatic carbocycles. The second-order valence-electron chi connectivity index (χ2n) is 3.02. The van der Waals surface area contributed by atoms with E-state index in [1.807, 2.05) is 6.92 Å². The van der Waals surface area contributed by atoms with E-state index in [9.17, 15) is 4.79 Å². The van der Waals surface area contributed by atoms with Crippen molar-refractivity contribution in [3.63, 3.8) is 0 Å². The van der Waals surface area contributed by atoms with Gasteiger partial charge in [0.1, 0.15) is 0 Å². The molecule has 0 amide bonds. The highest BCUT2D eigenvalue weighted by molar-refractivity contribution is 6.29. The van der Waals surface area contributed by atoms with Gasteiger partial charge in [0.05, 0.1) is 11.8 Å². The second-order valence-corrected chi connectivity index (χ2v) is 3.39. The molecule has 0 fully saturated rings. The summed E-state index contributed by atoms with van der Waals surface area (Å²) in [7, 11) is 0. The van der Waals surface area contributed by atoms with Crippen LogP contribution in [-0.4, -0.2) is 15.6 Å². The zero-order valence-corrected chi connectivity index (χ0v) is 8.86. The summed E-state index contributed by atoms with van der Waals surface area (Å²) >= 11 is 5.58. The molecule has 78 valence electrons. The Balaban J connectivity index is 2.28. The minimum atomic E-state index is -0.207. The number of carbonyl (C=O) groups is 1. The molecule has 0 atom stereocenters. The number of rotatable bonds is 3. The van der Waals surface area contributed by atoms with E-state index in [2.05, 4.69) is 5.10 Å². The van der Waals surface area contributed by atoms with Gasteiger partial charge >= 0.3 is 0 Å². The standard InChI is InChI=1S/C10H9ClN2O2/c1-2-13-6-7(5-12-13)10(14)8-3-4-9(11)15-8/h3-6H,2H2,1H3. The Labute approximate surface area is 91.4 Å². The summed E-state index contributed by atoms with van der Waals surface area (Å²) in [5, 5.41) is 4.22. The highest BCUT2D eigenvalue weighted by atomic mass is 35.5. The van der Waals surface area contributed by atoms with E-state index in [0.29, 0.717) is 5.56 Å². The van der Waals surface area contributed by atoms with Crippen LogP contribution in [0.5, 0.6) is 0 Å². The summed E-state index contributed by atoms with van der Waals surface area (Å²) in [6, 6.07) is 3.09. The molecule has 0 N–H and O–H groups in total. The van der Waals surface area contributed by atoms with Crippen molar-refractivity contribution in [2.24, 2.45) is 0 Å². The van der Waals surface area contributed by atoms with Crippen molar-refractivity contribution in [2.75, 3.05) is 0 Å². The maximum Gasteiger partial charge on any atom is 0.231 e. The molecular formula is C10H9ClN2O2. The fourth-order valence-corrected chi connectivity index (χ4v) is 1.38. The van der Waals surface area contributed by atoms with Crippen molar-refractivity contribution in [3.8, 4) is 0 Å². The third-order valence-corrected chi connectivity index (χ3v) is 2.22. The quantitative estimate of drug-likeness (QED) is 0.752. The smallest absolute Gasteiger partial charge is 0.231 e. The van der Waals surface area contributed by atoms with Crippen LogP contribution in [0.1, 0.15) is 23.0 Å². The summed E-state index contributed by atoms with van der Waals surface area (Å²) in [6.07, 6.45) is 3.20. The first-order chi connectivity index (χ1) is 7.20. The third kappa shape index (κ3) is 1.94. The van der Waals surface area contributed by atoms with Gasteiger partial charge in [-0.05, 0) is 30.7 Å². The first kappa shape index (κ1) is 9.98. The molecule has 0 radical (unpaired) electrons. The molecule has 0 aliphatic rings. The van der Waals surface area contributed by atoms with Crippen molar-refractivity contribution < 1.29 is 9.21 Å². The lowest BCUT2D eigenvalue weighted by atomic mass is 10.2. The Morgan fingerprint density at radius 2 is 2.40 bits per heavy atom. The van der Waals surface area contributed by atoms with Gasteiger partial charge in [-0.2, -0.15) is 5.10 Å². The van der Waals surface area contributed by atoms with E-state index >= 15 is 0 Å². The third-order valence-electron chi connectivity index (χ3n) is 2.02. The molecule has 0 saturated carbocycles. The maximum absolute atomic E-state index is 11.8. The fraction of sp³-hybridized carbons (Fsp3) is 0.200.